The highest BCUT2D eigenvalue weighted by molar-refractivity contribution is 5.70. The van der Waals surface area contributed by atoms with Crippen LogP contribution < -0.4 is 5.32 Å². The van der Waals surface area contributed by atoms with Crippen LogP contribution in [0.15, 0.2) is 6.20 Å². The average molecular weight is 488 g/mol. The van der Waals surface area contributed by atoms with Crippen LogP contribution in [-0.4, -0.2) is 85.5 Å². The van der Waals surface area contributed by atoms with Crippen molar-refractivity contribution in [1.29, 1.82) is 0 Å². The van der Waals surface area contributed by atoms with Gasteiger partial charge in [-0.1, -0.05) is 13.8 Å². The van der Waals surface area contributed by atoms with E-state index in [9.17, 15) is 9.59 Å². The maximum Gasteiger partial charge on any atom is 0.410 e. The fourth-order valence-electron chi connectivity index (χ4n) is 4.42. The summed E-state index contributed by atoms with van der Waals surface area (Å²) in [5.74, 6) is 1.69. The molecule has 0 bridgehead atoms. The molecule has 2 saturated heterocycles. The molecule has 192 valence electrons. The molecular formula is C24H37N7O4. The van der Waals surface area contributed by atoms with Gasteiger partial charge in [-0.2, -0.15) is 14.6 Å². The molecule has 2 aromatic heterocycles. The van der Waals surface area contributed by atoms with Crippen molar-refractivity contribution in [2.45, 2.75) is 84.5 Å². The Bertz CT molecular complexity index is 1070. The summed E-state index contributed by atoms with van der Waals surface area (Å²) in [5, 5.41) is 7.99. The summed E-state index contributed by atoms with van der Waals surface area (Å²) in [7, 11) is 0. The van der Waals surface area contributed by atoms with E-state index in [-0.39, 0.29) is 24.3 Å². The van der Waals surface area contributed by atoms with Gasteiger partial charge in [0.05, 0.1) is 12.7 Å². The minimum absolute atomic E-state index is 0.164. The third-order valence-electron chi connectivity index (χ3n) is 6.28. The molecule has 35 heavy (non-hydrogen) atoms. The van der Waals surface area contributed by atoms with E-state index >= 15 is 0 Å². The van der Waals surface area contributed by atoms with Crippen molar-refractivity contribution in [3.05, 3.63) is 17.6 Å². The van der Waals surface area contributed by atoms with Gasteiger partial charge in [0.25, 0.3) is 0 Å². The van der Waals surface area contributed by atoms with Crippen molar-refractivity contribution in [2.24, 2.45) is 0 Å². The van der Waals surface area contributed by atoms with Crippen LogP contribution in [0.4, 0.5) is 15.5 Å². The summed E-state index contributed by atoms with van der Waals surface area (Å²) < 4.78 is 12.9. The van der Waals surface area contributed by atoms with Gasteiger partial charge in [0.15, 0.2) is 5.65 Å². The maximum absolute atomic E-state index is 12.7. The summed E-state index contributed by atoms with van der Waals surface area (Å²) in [6, 6.07) is 0.164. The molecule has 11 heteroatoms. The number of likely N-dealkylation sites (tertiary alicyclic amines) is 2. The van der Waals surface area contributed by atoms with E-state index < -0.39 is 5.60 Å². The Balaban J connectivity index is 1.28. The van der Waals surface area contributed by atoms with Gasteiger partial charge in [0.2, 0.25) is 5.95 Å². The molecule has 2 amide bonds. The molecule has 0 saturated carbocycles. The fraction of sp³-hybridized carbons (Fsp3) is 0.708. The molecule has 1 N–H and O–H groups in total. The zero-order valence-electron chi connectivity index (χ0n) is 21.6. The number of hydrogen-bond acceptors (Lipinski definition) is 8. The third kappa shape index (κ3) is 5.94. The number of aryl methyl sites for hydroxylation is 1. The lowest BCUT2D eigenvalue weighted by Crippen LogP contribution is -2.44. The van der Waals surface area contributed by atoms with Gasteiger partial charge in [-0.25, -0.2) is 14.6 Å². The van der Waals surface area contributed by atoms with E-state index in [1.54, 1.807) is 14.3 Å². The number of carbonyl (C=O) groups is 2. The lowest BCUT2D eigenvalue weighted by molar-refractivity contribution is 0.0235. The second-order valence-electron chi connectivity index (χ2n) is 10.7. The Labute approximate surface area is 206 Å². The van der Waals surface area contributed by atoms with Gasteiger partial charge in [0.1, 0.15) is 17.5 Å². The van der Waals surface area contributed by atoms with Gasteiger partial charge in [-0.15, -0.1) is 0 Å². The molecule has 4 heterocycles. The van der Waals surface area contributed by atoms with Crippen LogP contribution in [0.2, 0.25) is 0 Å². The smallest absolute Gasteiger partial charge is 0.410 e. The average Bonchev–Trinajstić information content (AvgIpc) is 3.40. The number of fused-ring (bicyclic) bond motifs is 1. The first-order valence-corrected chi connectivity index (χ1v) is 12.4. The number of hydrogen-bond donors (Lipinski definition) is 1. The van der Waals surface area contributed by atoms with Crippen molar-refractivity contribution in [1.82, 2.24) is 29.4 Å². The largest absolute Gasteiger partial charge is 0.444 e. The van der Waals surface area contributed by atoms with Crippen LogP contribution in [0.3, 0.4) is 0 Å². The monoisotopic (exact) mass is 487 g/mol. The summed E-state index contributed by atoms with van der Waals surface area (Å²) >= 11 is 0. The van der Waals surface area contributed by atoms with Crippen molar-refractivity contribution in [3.63, 3.8) is 0 Å². The SMILES string of the molecule is Cc1nc(NC2CCN(C(=O)O[C@H]3CCN(C(=O)OC(C)(C)C)C3)CC2)n2ncc(C(C)C)c2n1. The second kappa shape index (κ2) is 9.87. The Kier molecular flexibility index (Phi) is 7.05. The molecule has 2 aliphatic rings. The summed E-state index contributed by atoms with van der Waals surface area (Å²) in [6.45, 7) is 13.7. The molecule has 4 rings (SSSR count). The van der Waals surface area contributed by atoms with E-state index in [2.05, 4.69) is 34.2 Å². The zero-order valence-corrected chi connectivity index (χ0v) is 21.6. The number of ether oxygens (including phenoxy) is 2. The zero-order chi connectivity index (χ0) is 25.3. The van der Waals surface area contributed by atoms with Crippen LogP contribution in [0.5, 0.6) is 0 Å². The second-order valence-corrected chi connectivity index (χ2v) is 10.7. The van der Waals surface area contributed by atoms with E-state index in [1.165, 1.54) is 0 Å². The minimum atomic E-state index is -0.547. The molecule has 0 aromatic carbocycles. The van der Waals surface area contributed by atoms with Crippen molar-refractivity contribution in [2.75, 3.05) is 31.5 Å². The van der Waals surface area contributed by atoms with Gasteiger partial charge in [0, 0.05) is 37.7 Å². The summed E-state index contributed by atoms with van der Waals surface area (Å²) in [5.41, 5.74) is 1.37. The number of nitrogens with one attached hydrogen (secondary N) is 1. The molecule has 0 aliphatic carbocycles. The molecule has 0 radical (unpaired) electrons. The van der Waals surface area contributed by atoms with Crippen LogP contribution in [0, 0.1) is 6.92 Å². The number of carbonyl (C=O) groups excluding carboxylic acids is 2. The summed E-state index contributed by atoms with van der Waals surface area (Å²) in [4.78, 5) is 37.4. The summed E-state index contributed by atoms with van der Waals surface area (Å²) in [6.07, 6.45) is 3.01. The molecule has 1 atom stereocenters. The molecular weight excluding hydrogens is 450 g/mol. The number of piperidine rings is 1. The Hall–Kier alpha value is -3.11. The highest BCUT2D eigenvalue weighted by Gasteiger charge is 2.33. The first-order chi connectivity index (χ1) is 16.5. The standard InChI is InChI=1S/C24H37N7O4/c1-15(2)19-13-25-31-20(19)26-16(3)27-21(31)28-17-7-10-29(11-8-17)22(32)34-18-9-12-30(14-18)23(33)35-24(4,5)6/h13,15,17-18H,7-12,14H2,1-6H3,(H,26,27,28)/t18-/m0/s1. The highest BCUT2D eigenvalue weighted by atomic mass is 16.6. The lowest BCUT2D eigenvalue weighted by atomic mass is 10.1. The predicted molar refractivity (Wildman–Crippen MR) is 131 cm³/mol. The van der Waals surface area contributed by atoms with E-state index in [1.807, 2.05) is 33.9 Å². The molecule has 11 nitrogen and oxygen atoms in total. The lowest BCUT2D eigenvalue weighted by Gasteiger charge is -2.32. The number of aromatic nitrogens is 4. The maximum atomic E-state index is 12.7. The fourth-order valence-corrected chi connectivity index (χ4v) is 4.42. The number of amides is 2. The normalized spacial score (nSPS) is 19.5. The predicted octanol–water partition coefficient (Wildman–Crippen LogP) is 3.58. The van der Waals surface area contributed by atoms with E-state index in [0.29, 0.717) is 50.3 Å². The first kappa shape index (κ1) is 25.0. The Morgan fingerprint density at radius 3 is 2.40 bits per heavy atom. The quantitative estimate of drug-likeness (QED) is 0.696. The van der Waals surface area contributed by atoms with Crippen LogP contribution >= 0.6 is 0 Å². The minimum Gasteiger partial charge on any atom is -0.444 e. The van der Waals surface area contributed by atoms with Gasteiger partial charge >= 0.3 is 12.2 Å². The van der Waals surface area contributed by atoms with Crippen LogP contribution in [0.25, 0.3) is 5.65 Å². The van der Waals surface area contributed by atoms with Crippen LogP contribution in [-0.2, 0) is 9.47 Å². The Morgan fingerprint density at radius 1 is 1.06 bits per heavy atom. The van der Waals surface area contributed by atoms with Gasteiger partial charge in [-0.05, 0) is 46.5 Å². The molecule has 2 fully saturated rings. The van der Waals surface area contributed by atoms with Crippen molar-refractivity contribution < 1.29 is 19.1 Å². The first-order valence-electron chi connectivity index (χ1n) is 12.4. The van der Waals surface area contributed by atoms with Crippen LogP contribution in [0.1, 0.15) is 71.2 Å². The molecule has 2 aromatic rings. The molecule has 2 aliphatic heterocycles. The van der Waals surface area contributed by atoms with Gasteiger partial charge in [-0.3, -0.25) is 0 Å². The third-order valence-corrected chi connectivity index (χ3v) is 6.28. The molecule has 0 spiro atoms. The number of anilines is 1. The Morgan fingerprint density at radius 2 is 1.74 bits per heavy atom. The van der Waals surface area contributed by atoms with E-state index in [0.717, 1.165) is 24.1 Å². The van der Waals surface area contributed by atoms with Crippen molar-refractivity contribution >= 4 is 23.8 Å². The van der Waals surface area contributed by atoms with Gasteiger partial charge < -0.3 is 24.6 Å². The number of nitrogens with zero attached hydrogens (tertiary/aromatic N) is 6. The van der Waals surface area contributed by atoms with E-state index in [4.69, 9.17) is 9.47 Å². The molecule has 0 unspecified atom stereocenters. The highest BCUT2D eigenvalue weighted by Crippen LogP contribution is 2.23. The number of rotatable bonds is 4. The topological polar surface area (TPSA) is 114 Å². The van der Waals surface area contributed by atoms with Crippen molar-refractivity contribution in [3.8, 4) is 0 Å².